The molecule has 3 rings (SSSR count). The van der Waals surface area contributed by atoms with Gasteiger partial charge in [0, 0.05) is 4.47 Å². The summed E-state index contributed by atoms with van der Waals surface area (Å²) in [4.78, 5) is 37.2. The van der Waals surface area contributed by atoms with E-state index < -0.39 is 17.8 Å². The number of anilines is 1. The van der Waals surface area contributed by atoms with Crippen LogP contribution in [0, 0.1) is 0 Å². The summed E-state index contributed by atoms with van der Waals surface area (Å²) < 4.78 is 17.0. The van der Waals surface area contributed by atoms with Gasteiger partial charge in [-0.2, -0.15) is 0 Å². The number of nitrogens with one attached hydrogen (secondary N) is 1. The Labute approximate surface area is 201 Å². The Morgan fingerprint density at radius 3 is 2.47 bits per heavy atom. The highest BCUT2D eigenvalue weighted by Gasteiger charge is 2.34. The largest absolute Gasteiger partial charge is 0.493 e. The highest BCUT2D eigenvalue weighted by Crippen LogP contribution is 2.43. The van der Waals surface area contributed by atoms with Crippen molar-refractivity contribution >= 4 is 61.4 Å². The number of carbonyl (C=O) groups excluding carboxylic acids is 3. The maximum atomic E-state index is 12.8. The van der Waals surface area contributed by atoms with Crippen LogP contribution in [-0.4, -0.2) is 37.6 Å². The van der Waals surface area contributed by atoms with E-state index in [0.29, 0.717) is 25.9 Å². The first-order valence-electron chi connectivity index (χ1n) is 9.53. The van der Waals surface area contributed by atoms with Crippen LogP contribution >= 0.6 is 31.9 Å². The van der Waals surface area contributed by atoms with Crippen LogP contribution in [0.5, 0.6) is 11.5 Å². The quantitative estimate of drug-likeness (QED) is 0.309. The van der Waals surface area contributed by atoms with E-state index in [-0.39, 0.29) is 24.0 Å². The minimum absolute atomic E-state index is 0.0438. The van der Waals surface area contributed by atoms with Gasteiger partial charge in [0.1, 0.15) is 5.57 Å². The minimum Gasteiger partial charge on any atom is -0.493 e. The van der Waals surface area contributed by atoms with Gasteiger partial charge >= 0.3 is 5.97 Å². The Kier molecular flexibility index (Phi) is 7.57. The Morgan fingerprint density at radius 2 is 1.84 bits per heavy atom. The maximum absolute atomic E-state index is 12.8. The summed E-state index contributed by atoms with van der Waals surface area (Å²) in [6.45, 7) is 3.17. The van der Waals surface area contributed by atoms with E-state index in [1.807, 2.05) is 6.07 Å². The second-order valence-electron chi connectivity index (χ2n) is 6.93. The molecule has 0 spiro atoms. The van der Waals surface area contributed by atoms with Crippen LogP contribution in [0.4, 0.5) is 5.69 Å². The highest BCUT2D eigenvalue weighted by atomic mass is 79.9. The summed E-state index contributed by atoms with van der Waals surface area (Å²) in [6.07, 6.45) is 1.19. The van der Waals surface area contributed by atoms with Gasteiger partial charge in [-0.3, -0.25) is 15.0 Å². The van der Waals surface area contributed by atoms with Crippen molar-refractivity contribution in [2.24, 2.45) is 0 Å². The molecule has 1 saturated heterocycles. The van der Waals surface area contributed by atoms with Gasteiger partial charge < -0.3 is 14.2 Å². The summed E-state index contributed by atoms with van der Waals surface area (Å²) >= 11 is 6.87. The second kappa shape index (κ2) is 10.2. The monoisotopic (exact) mass is 566 g/mol. The molecule has 0 unspecified atom stereocenters. The summed E-state index contributed by atoms with van der Waals surface area (Å²) in [7, 11) is 1.44. The summed E-state index contributed by atoms with van der Waals surface area (Å²) in [6, 6.07) is 10.4. The van der Waals surface area contributed by atoms with Crippen molar-refractivity contribution in [1.82, 2.24) is 5.43 Å². The predicted octanol–water partition coefficient (Wildman–Crippen LogP) is 4.01. The molecular formula is C22H20Br2N2O6. The Bertz CT molecular complexity index is 1090. The van der Waals surface area contributed by atoms with Gasteiger partial charge in [0.2, 0.25) is 0 Å². The Balaban J connectivity index is 1.91. The van der Waals surface area contributed by atoms with Crippen molar-refractivity contribution in [2.45, 2.75) is 20.0 Å². The number of hydrogen-bond donors (Lipinski definition) is 1. The molecule has 0 aromatic heterocycles. The number of ether oxygens (including phenoxy) is 3. The first-order chi connectivity index (χ1) is 15.2. The third-order valence-corrected chi connectivity index (χ3v) is 6.43. The minimum atomic E-state index is -0.530. The summed E-state index contributed by atoms with van der Waals surface area (Å²) in [5.41, 5.74) is 3.56. The number of benzene rings is 2. The number of methoxy groups -OCH3 is 1. The average Bonchev–Trinajstić information content (AvgIpc) is 3.04. The topological polar surface area (TPSA) is 94.2 Å². The number of amides is 2. The zero-order chi connectivity index (χ0) is 23.4. The van der Waals surface area contributed by atoms with Crippen molar-refractivity contribution in [3.63, 3.8) is 0 Å². The fourth-order valence-corrected chi connectivity index (χ4v) is 3.84. The molecular weight excluding hydrogens is 548 g/mol. The van der Waals surface area contributed by atoms with E-state index in [9.17, 15) is 14.4 Å². The average molecular weight is 568 g/mol. The highest BCUT2D eigenvalue weighted by molar-refractivity contribution is 9.13. The molecule has 2 amide bonds. The van der Waals surface area contributed by atoms with Gasteiger partial charge in [0.15, 0.2) is 18.1 Å². The van der Waals surface area contributed by atoms with Gasteiger partial charge in [0.05, 0.1) is 23.4 Å². The first kappa shape index (κ1) is 23.8. The van der Waals surface area contributed by atoms with Gasteiger partial charge in [-0.15, -0.1) is 0 Å². The van der Waals surface area contributed by atoms with Crippen molar-refractivity contribution in [3.8, 4) is 11.5 Å². The van der Waals surface area contributed by atoms with E-state index >= 15 is 0 Å². The fourth-order valence-electron chi connectivity index (χ4n) is 2.90. The number of hydrogen-bond acceptors (Lipinski definition) is 6. The van der Waals surface area contributed by atoms with E-state index in [2.05, 4.69) is 37.3 Å². The van der Waals surface area contributed by atoms with Crippen LogP contribution < -0.4 is 19.9 Å². The zero-order valence-electron chi connectivity index (χ0n) is 17.5. The zero-order valence-corrected chi connectivity index (χ0v) is 20.7. The lowest BCUT2D eigenvalue weighted by Crippen LogP contribution is -2.35. The number of halogens is 2. The number of esters is 1. The van der Waals surface area contributed by atoms with Crippen LogP contribution in [-0.2, 0) is 19.1 Å². The Hall–Kier alpha value is -2.85. The van der Waals surface area contributed by atoms with E-state index in [1.165, 1.54) is 18.2 Å². The van der Waals surface area contributed by atoms with Crippen molar-refractivity contribution < 1.29 is 28.6 Å². The van der Waals surface area contributed by atoms with Crippen LogP contribution in [0.1, 0.15) is 19.4 Å². The van der Waals surface area contributed by atoms with E-state index in [4.69, 9.17) is 14.2 Å². The lowest BCUT2D eigenvalue weighted by Gasteiger charge is -2.16. The summed E-state index contributed by atoms with van der Waals surface area (Å²) in [5, 5.41) is 1.19. The van der Waals surface area contributed by atoms with Crippen molar-refractivity contribution in [2.75, 3.05) is 18.7 Å². The van der Waals surface area contributed by atoms with E-state index in [0.717, 1.165) is 0 Å². The van der Waals surface area contributed by atoms with Crippen LogP contribution in [0.25, 0.3) is 6.08 Å². The molecule has 0 radical (unpaired) electrons. The SMILES string of the molecule is COc1cc(/C=C2/C(=O)NN(c3ccccc3)C2=O)c(Br)c(Br)c1OCC(=O)OC(C)C. The molecule has 2 aromatic rings. The molecule has 0 atom stereocenters. The molecule has 168 valence electrons. The number of nitrogens with zero attached hydrogens (tertiary/aromatic N) is 1. The molecule has 1 N–H and O–H groups in total. The van der Waals surface area contributed by atoms with E-state index in [1.54, 1.807) is 44.2 Å². The van der Waals surface area contributed by atoms with Crippen molar-refractivity contribution in [1.29, 1.82) is 0 Å². The third-order valence-electron chi connectivity index (χ3n) is 4.28. The molecule has 1 heterocycles. The molecule has 1 aliphatic heterocycles. The van der Waals surface area contributed by atoms with Gasteiger partial charge in [-0.25, -0.2) is 9.80 Å². The summed E-state index contributed by atoms with van der Waals surface area (Å²) in [5.74, 6) is -0.964. The molecule has 0 saturated carbocycles. The van der Waals surface area contributed by atoms with Gasteiger partial charge in [-0.1, -0.05) is 18.2 Å². The molecule has 32 heavy (non-hydrogen) atoms. The molecule has 0 bridgehead atoms. The van der Waals surface area contributed by atoms with Crippen LogP contribution in [0.2, 0.25) is 0 Å². The smallest absolute Gasteiger partial charge is 0.344 e. The van der Waals surface area contributed by atoms with Crippen LogP contribution in [0.3, 0.4) is 0 Å². The standard InChI is InChI=1S/C22H20Br2N2O6/c1-12(2)32-17(27)11-31-20-16(30-3)10-13(18(23)19(20)24)9-15-21(28)25-26(22(15)29)14-7-5-4-6-8-14/h4-10,12H,11H2,1-3H3,(H,25,28)/b15-9-. The number of hydrazine groups is 1. The number of carbonyl (C=O) groups is 3. The lowest BCUT2D eigenvalue weighted by atomic mass is 10.1. The maximum Gasteiger partial charge on any atom is 0.344 e. The van der Waals surface area contributed by atoms with Crippen LogP contribution in [0.15, 0.2) is 50.9 Å². The normalized spacial score (nSPS) is 14.7. The fraction of sp³-hybridized carbons (Fsp3) is 0.227. The molecule has 8 nitrogen and oxygen atoms in total. The Morgan fingerprint density at radius 1 is 1.16 bits per heavy atom. The molecule has 1 aliphatic rings. The second-order valence-corrected chi connectivity index (χ2v) is 8.51. The molecule has 0 aliphatic carbocycles. The van der Waals surface area contributed by atoms with Crippen molar-refractivity contribution in [3.05, 3.63) is 56.5 Å². The van der Waals surface area contributed by atoms with Gasteiger partial charge in [-0.05, 0) is 75.5 Å². The number of rotatable bonds is 7. The lowest BCUT2D eigenvalue weighted by molar-refractivity contribution is -0.149. The number of para-hydroxylation sites is 1. The third kappa shape index (κ3) is 5.13. The molecule has 10 heteroatoms. The first-order valence-corrected chi connectivity index (χ1v) is 11.1. The van der Waals surface area contributed by atoms with Gasteiger partial charge in [0.25, 0.3) is 11.8 Å². The molecule has 2 aromatic carbocycles. The predicted molar refractivity (Wildman–Crippen MR) is 125 cm³/mol. The molecule has 1 fully saturated rings.